The van der Waals surface area contributed by atoms with Gasteiger partial charge in [0.2, 0.25) is 0 Å². The second-order valence-electron chi connectivity index (χ2n) is 5.39. The molecule has 4 nitrogen and oxygen atoms in total. The second kappa shape index (κ2) is 7.59. The van der Waals surface area contributed by atoms with E-state index in [0.29, 0.717) is 11.3 Å². The third-order valence-electron chi connectivity index (χ3n) is 3.70. The average molecular weight is 347 g/mol. The number of nitrogens with zero attached hydrogens (tertiary/aromatic N) is 1. The van der Waals surface area contributed by atoms with Crippen LogP contribution in [0.1, 0.15) is 10.4 Å². The van der Waals surface area contributed by atoms with E-state index < -0.39 is 0 Å². The average Bonchev–Trinajstić information content (AvgIpc) is 2.67. The van der Waals surface area contributed by atoms with Gasteiger partial charge < -0.3 is 5.73 Å². The minimum atomic E-state index is -0.281. The van der Waals surface area contributed by atoms with Crippen molar-refractivity contribution >= 4 is 28.9 Å². The molecule has 0 unspecified atom stereocenters. The number of hydrogen-bond acceptors (Lipinski definition) is 2. The molecule has 0 atom stereocenters. The standard InChI is InChI=1S/C20H17N3OS/c21-20(25)23(18-9-5-2-6-10-18)22-19(24)17-13-11-16(12-14-17)15-7-3-1-4-8-15/h1-14H,(H2,21,25)(H,22,24). The normalized spacial score (nSPS) is 10.1. The zero-order valence-electron chi connectivity index (χ0n) is 13.4. The molecule has 0 aliphatic rings. The van der Waals surface area contributed by atoms with Crippen molar-refractivity contribution in [2.24, 2.45) is 5.73 Å². The van der Waals surface area contributed by atoms with E-state index in [-0.39, 0.29) is 11.0 Å². The number of nitrogens with two attached hydrogens (primary N) is 1. The van der Waals surface area contributed by atoms with Crippen LogP contribution in [0.3, 0.4) is 0 Å². The van der Waals surface area contributed by atoms with Crippen LogP contribution in [-0.4, -0.2) is 11.0 Å². The fourth-order valence-electron chi connectivity index (χ4n) is 2.43. The van der Waals surface area contributed by atoms with Crippen molar-refractivity contribution in [2.75, 3.05) is 5.01 Å². The topological polar surface area (TPSA) is 58.4 Å². The summed E-state index contributed by atoms with van der Waals surface area (Å²) in [6.45, 7) is 0. The molecule has 0 aliphatic heterocycles. The Morgan fingerprint density at radius 3 is 1.88 bits per heavy atom. The molecule has 5 heteroatoms. The fourth-order valence-corrected chi connectivity index (χ4v) is 2.59. The highest BCUT2D eigenvalue weighted by atomic mass is 32.1. The van der Waals surface area contributed by atoms with Crippen molar-refractivity contribution in [1.82, 2.24) is 5.43 Å². The summed E-state index contributed by atoms with van der Waals surface area (Å²) in [5, 5.41) is 1.46. The first-order chi connectivity index (χ1) is 12.1. The zero-order valence-corrected chi connectivity index (χ0v) is 14.2. The maximum absolute atomic E-state index is 12.5. The van der Waals surface area contributed by atoms with Crippen LogP contribution in [0.25, 0.3) is 11.1 Å². The molecule has 0 fully saturated rings. The number of hydrazine groups is 1. The SMILES string of the molecule is NC(=S)N(NC(=O)c1ccc(-c2ccccc2)cc1)c1ccccc1. The van der Waals surface area contributed by atoms with Crippen molar-refractivity contribution < 1.29 is 4.79 Å². The van der Waals surface area contributed by atoms with Crippen molar-refractivity contribution in [1.29, 1.82) is 0 Å². The maximum atomic E-state index is 12.5. The molecule has 3 aromatic rings. The summed E-state index contributed by atoms with van der Waals surface area (Å²) in [7, 11) is 0. The number of anilines is 1. The van der Waals surface area contributed by atoms with Crippen LogP contribution < -0.4 is 16.2 Å². The molecule has 3 N–H and O–H groups in total. The number of thiocarbonyl (C=S) groups is 1. The maximum Gasteiger partial charge on any atom is 0.270 e. The number of hydrogen-bond donors (Lipinski definition) is 2. The van der Waals surface area contributed by atoms with Crippen LogP contribution in [0.5, 0.6) is 0 Å². The largest absolute Gasteiger partial charge is 0.374 e. The summed E-state index contributed by atoms with van der Waals surface area (Å²) < 4.78 is 0. The predicted molar refractivity (Wildman–Crippen MR) is 105 cm³/mol. The van der Waals surface area contributed by atoms with Crippen LogP contribution >= 0.6 is 12.2 Å². The van der Waals surface area contributed by atoms with Gasteiger partial charge in [0.1, 0.15) is 0 Å². The summed E-state index contributed by atoms with van der Waals surface area (Å²) in [6.07, 6.45) is 0. The molecule has 25 heavy (non-hydrogen) atoms. The first-order valence-electron chi connectivity index (χ1n) is 7.76. The van der Waals surface area contributed by atoms with Crippen molar-refractivity contribution in [3.63, 3.8) is 0 Å². The summed E-state index contributed by atoms with van der Waals surface area (Å²) in [5.41, 5.74) is 11.8. The van der Waals surface area contributed by atoms with E-state index in [1.54, 1.807) is 12.1 Å². The van der Waals surface area contributed by atoms with Crippen molar-refractivity contribution in [3.05, 3.63) is 90.5 Å². The van der Waals surface area contributed by atoms with E-state index in [9.17, 15) is 4.79 Å². The molecule has 0 spiro atoms. The van der Waals surface area contributed by atoms with Crippen LogP contribution in [0, 0.1) is 0 Å². The quantitative estimate of drug-likeness (QED) is 0.560. The zero-order chi connectivity index (χ0) is 17.6. The summed E-state index contributed by atoms with van der Waals surface area (Å²) >= 11 is 5.04. The Morgan fingerprint density at radius 1 is 0.800 bits per heavy atom. The lowest BCUT2D eigenvalue weighted by Crippen LogP contribution is -2.49. The Morgan fingerprint density at radius 2 is 1.32 bits per heavy atom. The third kappa shape index (κ3) is 4.02. The molecule has 0 saturated heterocycles. The minimum absolute atomic E-state index is 0.0699. The van der Waals surface area contributed by atoms with Gasteiger partial charge in [-0.1, -0.05) is 60.7 Å². The van der Waals surface area contributed by atoms with E-state index in [2.05, 4.69) is 5.43 Å². The van der Waals surface area contributed by atoms with Gasteiger partial charge in [0.05, 0.1) is 5.69 Å². The van der Waals surface area contributed by atoms with E-state index in [0.717, 1.165) is 11.1 Å². The fraction of sp³-hybridized carbons (Fsp3) is 0. The van der Waals surface area contributed by atoms with Crippen LogP contribution in [0.4, 0.5) is 5.69 Å². The van der Waals surface area contributed by atoms with Crippen LogP contribution in [-0.2, 0) is 0 Å². The number of nitrogens with one attached hydrogen (secondary N) is 1. The number of carbonyl (C=O) groups is 1. The lowest BCUT2D eigenvalue weighted by Gasteiger charge is -2.23. The van der Waals surface area contributed by atoms with Crippen molar-refractivity contribution in [2.45, 2.75) is 0 Å². The highest BCUT2D eigenvalue weighted by Crippen LogP contribution is 2.19. The molecule has 3 rings (SSSR count). The van der Waals surface area contributed by atoms with E-state index in [1.807, 2.05) is 72.8 Å². The molecule has 0 saturated carbocycles. The predicted octanol–water partition coefficient (Wildman–Crippen LogP) is 3.75. The third-order valence-corrected chi connectivity index (χ3v) is 3.88. The molecule has 124 valence electrons. The van der Waals surface area contributed by atoms with E-state index >= 15 is 0 Å². The molecular formula is C20H17N3OS. The van der Waals surface area contributed by atoms with Crippen LogP contribution in [0.2, 0.25) is 0 Å². The first kappa shape index (κ1) is 16.7. The monoisotopic (exact) mass is 347 g/mol. The van der Waals surface area contributed by atoms with Crippen LogP contribution in [0.15, 0.2) is 84.9 Å². The Bertz CT molecular complexity index is 864. The smallest absolute Gasteiger partial charge is 0.270 e. The molecule has 3 aromatic carbocycles. The van der Waals surface area contributed by atoms with E-state index in [1.165, 1.54) is 5.01 Å². The number of rotatable bonds is 3. The minimum Gasteiger partial charge on any atom is -0.374 e. The number of carbonyl (C=O) groups excluding carboxylic acids is 1. The molecule has 0 aliphatic carbocycles. The van der Waals surface area contributed by atoms with Gasteiger partial charge in [-0.15, -0.1) is 0 Å². The highest BCUT2D eigenvalue weighted by molar-refractivity contribution is 7.80. The molecule has 0 bridgehead atoms. The van der Waals surface area contributed by atoms with E-state index in [4.69, 9.17) is 18.0 Å². The molecule has 0 aromatic heterocycles. The van der Waals surface area contributed by atoms with Gasteiger partial charge in [0, 0.05) is 5.56 Å². The molecule has 0 radical (unpaired) electrons. The van der Waals surface area contributed by atoms with Gasteiger partial charge in [-0.2, -0.15) is 0 Å². The second-order valence-corrected chi connectivity index (χ2v) is 5.81. The van der Waals surface area contributed by atoms with Crippen molar-refractivity contribution in [3.8, 4) is 11.1 Å². The van der Waals surface area contributed by atoms with Gasteiger partial charge in [0.15, 0.2) is 5.11 Å². The lowest BCUT2D eigenvalue weighted by atomic mass is 10.0. The number of benzene rings is 3. The Kier molecular flexibility index (Phi) is 5.06. The Hall–Kier alpha value is -3.18. The van der Waals surface area contributed by atoms with Gasteiger partial charge in [-0.25, -0.2) is 5.01 Å². The lowest BCUT2D eigenvalue weighted by molar-refractivity contribution is 0.0955. The number of amides is 1. The summed E-state index contributed by atoms with van der Waals surface area (Å²) in [4.78, 5) is 12.5. The summed E-state index contributed by atoms with van der Waals surface area (Å²) in [5.74, 6) is -0.281. The Labute approximate surface area is 151 Å². The van der Waals surface area contributed by atoms with Gasteiger partial charge in [0.25, 0.3) is 5.91 Å². The highest BCUT2D eigenvalue weighted by Gasteiger charge is 2.14. The first-order valence-corrected chi connectivity index (χ1v) is 8.17. The molecule has 1 amide bonds. The summed E-state index contributed by atoms with van der Waals surface area (Å²) in [6, 6.07) is 26.6. The Balaban J connectivity index is 1.77. The molecule has 0 heterocycles. The number of para-hydroxylation sites is 1. The van der Waals surface area contributed by atoms with Gasteiger partial charge in [-0.05, 0) is 47.6 Å². The molecular weight excluding hydrogens is 330 g/mol. The van der Waals surface area contributed by atoms with Gasteiger partial charge >= 0.3 is 0 Å². The van der Waals surface area contributed by atoms with Gasteiger partial charge in [-0.3, -0.25) is 10.2 Å².